The van der Waals surface area contributed by atoms with Crippen molar-refractivity contribution in [3.8, 4) is 0 Å². The lowest BCUT2D eigenvalue weighted by Gasteiger charge is -2.07. The van der Waals surface area contributed by atoms with Gasteiger partial charge >= 0.3 is 0 Å². The van der Waals surface area contributed by atoms with Crippen LogP contribution in [0.5, 0.6) is 0 Å². The van der Waals surface area contributed by atoms with Gasteiger partial charge in [-0.3, -0.25) is 4.79 Å². The van der Waals surface area contributed by atoms with E-state index in [1.54, 1.807) is 13.0 Å². The first-order valence-corrected chi connectivity index (χ1v) is 6.02. The Morgan fingerprint density at radius 1 is 1.39 bits per heavy atom. The lowest BCUT2D eigenvalue weighted by atomic mass is 10.1. The molecule has 0 amide bonds. The van der Waals surface area contributed by atoms with Gasteiger partial charge < -0.3 is 10.2 Å². The van der Waals surface area contributed by atoms with Gasteiger partial charge in [-0.15, -0.1) is 0 Å². The van der Waals surface area contributed by atoms with Crippen LogP contribution in [0.4, 0.5) is 4.39 Å². The number of nitrogens with one attached hydrogen (secondary N) is 1. The number of nitrogens with zero attached hydrogens (tertiary/aromatic N) is 1. The summed E-state index contributed by atoms with van der Waals surface area (Å²) in [5.41, 5.74) is 0.939. The van der Waals surface area contributed by atoms with E-state index >= 15 is 0 Å². The third kappa shape index (κ3) is 7.92. The molecule has 0 spiro atoms. The van der Waals surface area contributed by atoms with Gasteiger partial charge in [0.25, 0.3) is 0 Å². The summed E-state index contributed by atoms with van der Waals surface area (Å²) in [6.07, 6.45) is 1.75. The van der Waals surface area contributed by atoms with Crippen LogP contribution >= 0.6 is 0 Å². The highest BCUT2D eigenvalue weighted by Crippen LogP contribution is 2.06. The number of hydrogen-bond acceptors (Lipinski definition) is 3. The molecular formula is C14H23FN2O. The summed E-state index contributed by atoms with van der Waals surface area (Å²) in [5.74, 6) is -0.449. The minimum absolute atomic E-state index is 0.116. The zero-order chi connectivity index (χ0) is 14.0. The van der Waals surface area contributed by atoms with Gasteiger partial charge in [0, 0.05) is 0 Å². The first kappa shape index (κ1) is 16.7. The zero-order valence-corrected chi connectivity index (χ0v) is 11.7. The topological polar surface area (TPSA) is 32.3 Å². The van der Waals surface area contributed by atoms with Gasteiger partial charge in [0.1, 0.15) is 5.82 Å². The second-order valence-electron chi connectivity index (χ2n) is 4.40. The van der Waals surface area contributed by atoms with E-state index in [-0.39, 0.29) is 5.56 Å². The van der Waals surface area contributed by atoms with Crippen LogP contribution in [0.3, 0.4) is 0 Å². The molecular weight excluding hydrogens is 231 g/mol. The molecule has 0 aromatic heterocycles. The van der Waals surface area contributed by atoms with Crippen LogP contribution in [0, 0.1) is 12.7 Å². The number of hydrogen-bond donors (Lipinski definition) is 1. The second kappa shape index (κ2) is 9.74. The zero-order valence-electron chi connectivity index (χ0n) is 11.7. The van der Waals surface area contributed by atoms with Crippen molar-refractivity contribution >= 4 is 6.29 Å². The SMILES string of the molecule is CNCCCN(C)C.Cc1ccc(C=O)c(F)c1. The number of aldehydes is 1. The Morgan fingerprint density at radius 2 is 2.06 bits per heavy atom. The molecule has 0 saturated heterocycles. The third-order valence-electron chi connectivity index (χ3n) is 2.32. The highest BCUT2D eigenvalue weighted by Gasteiger charge is 1.98. The lowest BCUT2D eigenvalue weighted by molar-refractivity contribution is 0.112. The summed E-state index contributed by atoms with van der Waals surface area (Å²) in [7, 11) is 6.17. The summed E-state index contributed by atoms with van der Waals surface area (Å²) in [4.78, 5) is 12.3. The number of carbonyl (C=O) groups is 1. The van der Waals surface area contributed by atoms with Crippen LogP contribution in [-0.2, 0) is 0 Å². The predicted octanol–water partition coefficient (Wildman–Crippen LogP) is 2.10. The van der Waals surface area contributed by atoms with Crippen LogP contribution in [0.25, 0.3) is 0 Å². The molecule has 0 atom stereocenters. The van der Waals surface area contributed by atoms with E-state index in [0.717, 1.165) is 12.1 Å². The van der Waals surface area contributed by atoms with Gasteiger partial charge in [0.15, 0.2) is 6.29 Å². The summed E-state index contributed by atoms with van der Waals surface area (Å²) >= 11 is 0. The fraction of sp³-hybridized carbons (Fsp3) is 0.500. The highest BCUT2D eigenvalue weighted by molar-refractivity contribution is 5.75. The molecule has 1 N–H and O–H groups in total. The fourth-order valence-electron chi connectivity index (χ4n) is 1.30. The van der Waals surface area contributed by atoms with Crippen molar-refractivity contribution in [1.82, 2.24) is 10.2 Å². The largest absolute Gasteiger partial charge is 0.320 e. The highest BCUT2D eigenvalue weighted by atomic mass is 19.1. The van der Waals surface area contributed by atoms with Crippen LogP contribution in [0.2, 0.25) is 0 Å². The van der Waals surface area contributed by atoms with E-state index in [1.165, 1.54) is 25.1 Å². The third-order valence-corrected chi connectivity index (χ3v) is 2.32. The van der Waals surface area contributed by atoms with Crippen molar-refractivity contribution < 1.29 is 9.18 Å². The van der Waals surface area contributed by atoms with Gasteiger partial charge in [-0.2, -0.15) is 0 Å². The standard InChI is InChI=1S/C8H7FO.C6H16N2/c1-6-2-3-7(5-10)8(9)4-6;1-7-5-4-6-8(2)3/h2-5H,1H3;7H,4-6H2,1-3H3. The minimum Gasteiger partial charge on any atom is -0.320 e. The molecule has 3 nitrogen and oxygen atoms in total. The van der Waals surface area contributed by atoms with Crippen LogP contribution in [-0.4, -0.2) is 45.4 Å². The molecule has 102 valence electrons. The molecule has 0 aliphatic rings. The molecule has 0 fully saturated rings. The predicted molar refractivity (Wildman–Crippen MR) is 73.6 cm³/mol. The van der Waals surface area contributed by atoms with Crippen molar-refractivity contribution in [1.29, 1.82) is 0 Å². The van der Waals surface area contributed by atoms with E-state index in [9.17, 15) is 9.18 Å². The Hall–Kier alpha value is -1.26. The maximum atomic E-state index is 12.6. The Balaban J connectivity index is 0.000000331. The van der Waals surface area contributed by atoms with Gasteiger partial charge in [-0.05, 0) is 65.3 Å². The number of benzene rings is 1. The van der Waals surface area contributed by atoms with E-state index in [2.05, 4.69) is 24.3 Å². The van der Waals surface area contributed by atoms with E-state index < -0.39 is 5.82 Å². The Kier molecular flexibility index (Phi) is 9.06. The molecule has 0 aliphatic heterocycles. The van der Waals surface area contributed by atoms with Crippen molar-refractivity contribution in [2.45, 2.75) is 13.3 Å². The van der Waals surface area contributed by atoms with Crippen molar-refractivity contribution in [3.63, 3.8) is 0 Å². The lowest BCUT2D eigenvalue weighted by Crippen LogP contribution is -2.18. The van der Waals surface area contributed by atoms with E-state index in [0.29, 0.717) is 6.29 Å². The monoisotopic (exact) mass is 254 g/mol. The molecule has 1 aromatic carbocycles. The quantitative estimate of drug-likeness (QED) is 0.645. The van der Waals surface area contributed by atoms with Crippen molar-refractivity contribution in [2.24, 2.45) is 0 Å². The van der Waals surface area contributed by atoms with Crippen molar-refractivity contribution in [3.05, 3.63) is 35.1 Å². The van der Waals surface area contributed by atoms with Gasteiger partial charge in [0.2, 0.25) is 0 Å². The Morgan fingerprint density at radius 3 is 2.50 bits per heavy atom. The van der Waals surface area contributed by atoms with Gasteiger partial charge in [-0.25, -0.2) is 4.39 Å². The molecule has 0 unspecified atom stereocenters. The average Bonchev–Trinajstić information content (AvgIpc) is 2.30. The minimum atomic E-state index is -0.449. The Labute approximate surface area is 109 Å². The van der Waals surface area contributed by atoms with Crippen molar-refractivity contribution in [2.75, 3.05) is 34.2 Å². The summed E-state index contributed by atoms with van der Waals surface area (Å²) in [6, 6.07) is 4.51. The molecule has 0 heterocycles. The van der Waals surface area contributed by atoms with Crippen LogP contribution in [0.1, 0.15) is 22.3 Å². The van der Waals surface area contributed by atoms with Gasteiger partial charge in [-0.1, -0.05) is 6.07 Å². The fourth-order valence-corrected chi connectivity index (χ4v) is 1.30. The number of rotatable bonds is 5. The average molecular weight is 254 g/mol. The molecule has 0 radical (unpaired) electrons. The van der Waals surface area contributed by atoms with Crippen LogP contribution < -0.4 is 5.32 Å². The molecule has 1 rings (SSSR count). The molecule has 0 bridgehead atoms. The van der Waals surface area contributed by atoms with Crippen LogP contribution in [0.15, 0.2) is 18.2 Å². The second-order valence-corrected chi connectivity index (χ2v) is 4.40. The molecule has 18 heavy (non-hydrogen) atoms. The molecule has 0 aliphatic carbocycles. The number of aryl methyl sites for hydroxylation is 1. The number of carbonyl (C=O) groups excluding carboxylic acids is 1. The van der Waals surface area contributed by atoms with Gasteiger partial charge in [0.05, 0.1) is 5.56 Å². The summed E-state index contributed by atoms with van der Waals surface area (Å²) in [5, 5.41) is 3.10. The maximum Gasteiger partial charge on any atom is 0.152 e. The normalized spacial score (nSPS) is 9.89. The molecule has 1 aromatic rings. The summed E-state index contributed by atoms with van der Waals surface area (Å²) in [6.45, 7) is 4.08. The number of halogens is 1. The van der Waals surface area contributed by atoms with E-state index in [4.69, 9.17) is 0 Å². The first-order chi connectivity index (χ1) is 8.51. The van der Waals surface area contributed by atoms with E-state index in [1.807, 2.05) is 7.05 Å². The Bertz CT molecular complexity index is 354. The first-order valence-electron chi connectivity index (χ1n) is 6.02. The smallest absolute Gasteiger partial charge is 0.152 e. The maximum absolute atomic E-state index is 12.6. The summed E-state index contributed by atoms with van der Waals surface area (Å²) < 4.78 is 12.6. The molecule has 0 saturated carbocycles. The molecule has 4 heteroatoms.